The highest BCUT2D eigenvalue weighted by atomic mass is 32.1. The first-order valence-electron chi connectivity index (χ1n) is 9.90. The summed E-state index contributed by atoms with van der Waals surface area (Å²) in [6.45, 7) is 6.89. The number of amides is 1. The van der Waals surface area contributed by atoms with Crippen LogP contribution < -0.4 is 5.32 Å². The molecule has 0 unspecified atom stereocenters. The van der Waals surface area contributed by atoms with E-state index in [2.05, 4.69) is 46.2 Å². The minimum atomic E-state index is -0.0930. The highest BCUT2D eigenvalue weighted by Crippen LogP contribution is 2.40. The van der Waals surface area contributed by atoms with Crippen molar-refractivity contribution in [3.05, 3.63) is 41.0 Å². The van der Waals surface area contributed by atoms with Gasteiger partial charge in [0.15, 0.2) is 5.13 Å². The minimum absolute atomic E-state index is 0.0930. The lowest BCUT2D eigenvalue weighted by molar-refractivity contribution is -0.116. The number of nitrogens with one attached hydrogen (secondary N) is 1. The fourth-order valence-electron chi connectivity index (χ4n) is 3.54. The second kappa shape index (κ2) is 8.02. The van der Waals surface area contributed by atoms with Crippen molar-refractivity contribution in [3.8, 4) is 11.4 Å². The predicted octanol–water partition coefficient (Wildman–Crippen LogP) is 4.31. The van der Waals surface area contributed by atoms with Crippen LogP contribution in [0.4, 0.5) is 5.13 Å². The second-order valence-electron chi connectivity index (χ2n) is 8.50. The highest BCUT2D eigenvalue weighted by Gasteiger charge is 2.30. The van der Waals surface area contributed by atoms with Crippen molar-refractivity contribution in [1.82, 2.24) is 20.1 Å². The first-order valence-corrected chi connectivity index (χ1v) is 10.7. The third kappa shape index (κ3) is 4.70. The zero-order valence-electron chi connectivity index (χ0n) is 16.9. The van der Waals surface area contributed by atoms with Gasteiger partial charge in [-0.3, -0.25) is 9.78 Å². The van der Waals surface area contributed by atoms with Gasteiger partial charge >= 0.3 is 0 Å². The summed E-state index contributed by atoms with van der Waals surface area (Å²) >= 11 is 1.61. The third-order valence-electron chi connectivity index (χ3n) is 5.36. The average molecular weight is 412 g/mol. The van der Waals surface area contributed by atoms with E-state index in [1.54, 1.807) is 23.7 Å². The van der Waals surface area contributed by atoms with E-state index < -0.39 is 0 Å². The first kappa shape index (κ1) is 19.7. The summed E-state index contributed by atoms with van der Waals surface area (Å²) in [5.74, 6) is 1.48. The molecule has 1 atom stereocenters. The fraction of sp³-hybridized carbons (Fsp3) is 0.476. The Labute approximate surface area is 174 Å². The zero-order valence-corrected chi connectivity index (χ0v) is 17.8. The largest absolute Gasteiger partial charge is 0.339 e. The monoisotopic (exact) mass is 411 g/mol. The highest BCUT2D eigenvalue weighted by molar-refractivity contribution is 7.15. The van der Waals surface area contributed by atoms with Crippen molar-refractivity contribution in [1.29, 1.82) is 0 Å². The molecule has 0 aliphatic heterocycles. The Morgan fingerprint density at radius 2 is 2.21 bits per heavy atom. The van der Waals surface area contributed by atoms with E-state index in [0.29, 0.717) is 34.6 Å². The number of hydrogen-bond acceptors (Lipinski definition) is 7. The second-order valence-corrected chi connectivity index (χ2v) is 9.58. The van der Waals surface area contributed by atoms with Gasteiger partial charge in [0, 0.05) is 35.7 Å². The number of aromatic nitrogens is 4. The lowest BCUT2D eigenvalue weighted by Crippen LogP contribution is -2.26. The summed E-state index contributed by atoms with van der Waals surface area (Å²) in [7, 11) is 0. The third-order valence-corrected chi connectivity index (χ3v) is 6.40. The number of thiazole rings is 1. The number of anilines is 1. The zero-order chi connectivity index (χ0) is 20.4. The molecule has 4 rings (SSSR count). The quantitative estimate of drug-likeness (QED) is 0.672. The van der Waals surface area contributed by atoms with E-state index in [-0.39, 0.29) is 12.3 Å². The number of pyridine rings is 1. The molecule has 0 fully saturated rings. The van der Waals surface area contributed by atoms with Gasteiger partial charge in [0.25, 0.3) is 0 Å². The molecule has 0 radical (unpaired) electrons. The molecule has 7 nitrogen and oxygen atoms in total. The number of carbonyl (C=O) groups excluding carboxylic acids is 1. The Morgan fingerprint density at radius 3 is 2.97 bits per heavy atom. The van der Waals surface area contributed by atoms with E-state index in [4.69, 9.17) is 4.52 Å². The molecule has 1 N–H and O–H groups in total. The molecule has 3 heterocycles. The summed E-state index contributed by atoms with van der Waals surface area (Å²) in [5, 5.41) is 7.57. The van der Waals surface area contributed by atoms with Crippen LogP contribution in [0.2, 0.25) is 0 Å². The van der Waals surface area contributed by atoms with E-state index in [1.807, 2.05) is 12.1 Å². The van der Waals surface area contributed by atoms with Crippen molar-refractivity contribution in [2.45, 2.75) is 52.9 Å². The van der Waals surface area contributed by atoms with Gasteiger partial charge in [0.05, 0.1) is 5.69 Å². The van der Waals surface area contributed by atoms with Crippen LogP contribution in [0.15, 0.2) is 29.0 Å². The van der Waals surface area contributed by atoms with Crippen LogP contribution in [0.1, 0.15) is 50.1 Å². The maximum absolute atomic E-state index is 12.4. The number of aryl methyl sites for hydroxylation is 2. The summed E-state index contributed by atoms with van der Waals surface area (Å²) < 4.78 is 5.25. The fourth-order valence-corrected chi connectivity index (χ4v) is 4.64. The molecule has 1 amide bonds. The van der Waals surface area contributed by atoms with Crippen molar-refractivity contribution in [3.63, 3.8) is 0 Å². The number of hydrogen-bond donors (Lipinski definition) is 1. The van der Waals surface area contributed by atoms with Gasteiger partial charge in [0.1, 0.15) is 0 Å². The maximum atomic E-state index is 12.4. The van der Waals surface area contributed by atoms with Gasteiger partial charge in [-0.2, -0.15) is 4.98 Å². The summed E-state index contributed by atoms with van der Waals surface area (Å²) in [6.07, 6.45) is 7.21. The SMILES string of the molecule is CC(C)(C)[C@H]1CCc2nc(NC(=O)CCc3nc(-c4cccnc4)no3)sc2C1. The molecule has 0 aromatic carbocycles. The lowest BCUT2D eigenvalue weighted by Gasteiger charge is -2.33. The van der Waals surface area contributed by atoms with Gasteiger partial charge < -0.3 is 9.84 Å². The molecular formula is C21H25N5O2S. The average Bonchev–Trinajstić information content (AvgIpc) is 3.32. The van der Waals surface area contributed by atoms with E-state index >= 15 is 0 Å². The minimum Gasteiger partial charge on any atom is -0.339 e. The van der Waals surface area contributed by atoms with Crippen LogP contribution in [0.25, 0.3) is 11.4 Å². The Bertz CT molecular complexity index is 990. The topological polar surface area (TPSA) is 93.8 Å². The molecular weight excluding hydrogens is 386 g/mol. The number of nitrogens with zero attached hydrogens (tertiary/aromatic N) is 4. The van der Waals surface area contributed by atoms with Crippen molar-refractivity contribution < 1.29 is 9.32 Å². The molecule has 3 aromatic rings. The number of carbonyl (C=O) groups is 1. The summed E-state index contributed by atoms with van der Waals surface area (Å²) in [5.41, 5.74) is 2.22. The van der Waals surface area contributed by atoms with Crippen LogP contribution in [0.3, 0.4) is 0 Å². The molecule has 0 saturated heterocycles. The van der Waals surface area contributed by atoms with E-state index in [9.17, 15) is 4.79 Å². The molecule has 152 valence electrons. The Kier molecular flexibility index (Phi) is 5.45. The van der Waals surface area contributed by atoms with Crippen molar-refractivity contribution in [2.24, 2.45) is 11.3 Å². The number of fused-ring (bicyclic) bond motifs is 1. The Morgan fingerprint density at radius 1 is 1.34 bits per heavy atom. The van der Waals surface area contributed by atoms with Crippen LogP contribution in [-0.2, 0) is 24.1 Å². The molecule has 1 aliphatic rings. The van der Waals surface area contributed by atoms with Gasteiger partial charge in [-0.05, 0) is 42.7 Å². The van der Waals surface area contributed by atoms with E-state index in [0.717, 1.165) is 30.5 Å². The van der Waals surface area contributed by atoms with Gasteiger partial charge in [-0.1, -0.05) is 25.9 Å². The first-order chi connectivity index (χ1) is 13.9. The Hall–Kier alpha value is -2.61. The van der Waals surface area contributed by atoms with Gasteiger partial charge in [0.2, 0.25) is 17.6 Å². The molecule has 0 saturated carbocycles. The van der Waals surface area contributed by atoms with Crippen molar-refractivity contribution >= 4 is 22.4 Å². The molecule has 1 aliphatic carbocycles. The van der Waals surface area contributed by atoms with Crippen molar-refractivity contribution in [2.75, 3.05) is 5.32 Å². The van der Waals surface area contributed by atoms with Crippen LogP contribution in [0, 0.1) is 11.3 Å². The van der Waals surface area contributed by atoms with Crippen LogP contribution in [0.5, 0.6) is 0 Å². The van der Waals surface area contributed by atoms with Gasteiger partial charge in [-0.25, -0.2) is 4.98 Å². The predicted molar refractivity (Wildman–Crippen MR) is 112 cm³/mol. The maximum Gasteiger partial charge on any atom is 0.227 e. The summed E-state index contributed by atoms with van der Waals surface area (Å²) in [6, 6.07) is 3.68. The molecule has 0 spiro atoms. The van der Waals surface area contributed by atoms with Gasteiger partial charge in [-0.15, -0.1) is 11.3 Å². The van der Waals surface area contributed by atoms with Crippen LogP contribution >= 0.6 is 11.3 Å². The number of rotatable bonds is 5. The smallest absolute Gasteiger partial charge is 0.227 e. The standard InChI is InChI=1S/C21H25N5O2S/c1-21(2,3)14-6-7-15-16(11-14)29-20(23-15)24-17(27)8-9-18-25-19(26-28-18)13-5-4-10-22-12-13/h4-5,10,12,14H,6-9,11H2,1-3H3,(H,23,24,27)/t14-/m0/s1. The molecule has 0 bridgehead atoms. The molecule has 3 aromatic heterocycles. The normalized spacial score (nSPS) is 16.4. The Balaban J connectivity index is 1.32. The lowest BCUT2D eigenvalue weighted by atomic mass is 9.73. The molecule has 8 heteroatoms. The summed E-state index contributed by atoms with van der Waals surface area (Å²) in [4.78, 5) is 26.7. The van der Waals surface area contributed by atoms with E-state index in [1.165, 1.54) is 4.88 Å². The molecule has 29 heavy (non-hydrogen) atoms. The van der Waals surface area contributed by atoms with Crippen LogP contribution in [-0.4, -0.2) is 26.0 Å².